The number of hydrogen-bond donors (Lipinski definition) is 1. The van der Waals surface area contributed by atoms with Crippen LogP contribution < -0.4 is 5.32 Å². The minimum absolute atomic E-state index is 0.0957. The van der Waals surface area contributed by atoms with Crippen molar-refractivity contribution in [2.24, 2.45) is 0 Å². The van der Waals surface area contributed by atoms with Crippen molar-refractivity contribution in [1.82, 2.24) is 15.2 Å². The van der Waals surface area contributed by atoms with E-state index >= 15 is 0 Å². The SMILES string of the molecule is Cc1cc(C(=O)N2CCCNC(=O)C2)ccn1. The fraction of sp³-hybridized carbons (Fsp3) is 0.417. The van der Waals surface area contributed by atoms with E-state index < -0.39 is 0 Å². The van der Waals surface area contributed by atoms with Gasteiger partial charge in [0.2, 0.25) is 5.91 Å². The minimum atomic E-state index is -0.104. The van der Waals surface area contributed by atoms with Gasteiger partial charge in [-0.2, -0.15) is 0 Å². The van der Waals surface area contributed by atoms with Crippen molar-refractivity contribution in [3.8, 4) is 0 Å². The highest BCUT2D eigenvalue weighted by molar-refractivity contribution is 5.96. The molecule has 0 bridgehead atoms. The molecule has 0 aromatic carbocycles. The summed E-state index contributed by atoms with van der Waals surface area (Å²) in [6.45, 7) is 3.23. The third kappa shape index (κ3) is 2.81. The van der Waals surface area contributed by atoms with Crippen LogP contribution in [0.3, 0.4) is 0 Å². The maximum absolute atomic E-state index is 12.2. The number of aromatic nitrogens is 1. The van der Waals surface area contributed by atoms with E-state index in [9.17, 15) is 9.59 Å². The molecule has 1 aromatic rings. The molecule has 1 aliphatic heterocycles. The Morgan fingerprint density at radius 3 is 3.12 bits per heavy atom. The second-order valence-corrected chi connectivity index (χ2v) is 4.12. The molecule has 1 aromatic heterocycles. The van der Waals surface area contributed by atoms with Gasteiger partial charge >= 0.3 is 0 Å². The fourth-order valence-electron chi connectivity index (χ4n) is 1.84. The van der Waals surface area contributed by atoms with Crippen molar-refractivity contribution in [2.45, 2.75) is 13.3 Å². The number of carbonyl (C=O) groups excluding carboxylic acids is 2. The molecule has 17 heavy (non-hydrogen) atoms. The molecule has 0 spiro atoms. The molecule has 0 unspecified atom stereocenters. The van der Waals surface area contributed by atoms with E-state index in [4.69, 9.17) is 0 Å². The van der Waals surface area contributed by atoms with Crippen LogP contribution in [0.2, 0.25) is 0 Å². The maximum Gasteiger partial charge on any atom is 0.254 e. The van der Waals surface area contributed by atoms with E-state index in [1.807, 2.05) is 6.92 Å². The summed E-state index contributed by atoms with van der Waals surface area (Å²) in [5.74, 6) is -0.200. The molecule has 2 rings (SSSR count). The third-order valence-corrected chi connectivity index (χ3v) is 2.69. The predicted molar refractivity (Wildman–Crippen MR) is 62.5 cm³/mol. The van der Waals surface area contributed by atoms with Crippen molar-refractivity contribution in [3.05, 3.63) is 29.6 Å². The maximum atomic E-state index is 12.2. The van der Waals surface area contributed by atoms with Gasteiger partial charge in [-0.1, -0.05) is 0 Å². The topological polar surface area (TPSA) is 62.3 Å². The Balaban J connectivity index is 2.16. The third-order valence-electron chi connectivity index (χ3n) is 2.69. The first-order valence-electron chi connectivity index (χ1n) is 5.65. The number of pyridine rings is 1. The average Bonchev–Trinajstić information content (AvgIpc) is 2.53. The second kappa shape index (κ2) is 4.95. The standard InChI is InChI=1S/C12H15N3O2/c1-9-7-10(3-5-13-9)12(17)15-6-2-4-14-11(16)8-15/h3,5,7H,2,4,6,8H2,1H3,(H,14,16). The number of rotatable bonds is 1. The van der Waals surface area contributed by atoms with Gasteiger partial charge in [0, 0.05) is 30.5 Å². The number of carbonyl (C=O) groups is 2. The van der Waals surface area contributed by atoms with Gasteiger partial charge in [-0.05, 0) is 25.5 Å². The van der Waals surface area contributed by atoms with Crippen LogP contribution in [-0.2, 0) is 4.79 Å². The molecule has 2 amide bonds. The molecule has 0 saturated carbocycles. The summed E-state index contributed by atoms with van der Waals surface area (Å²) >= 11 is 0. The van der Waals surface area contributed by atoms with E-state index in [2.05, 4.69) is 10.3 Å². The molecular formula is C12H15N3O2. The molecule has 1 aliphatic rings. The second-order valence-electron chi connectivity index (χ2n) is 4.12. The average molecular weight is 233 g/mol. The lowest BCUT2D eigenvalue weighted by Gasteiger charge is -2.18. The smallest absolute Gasteiger partial charge is 0.254 e. The van der Waals surface area contributed by atoms with Gasteiger partial charge in [-0.3, -0.25) is 14.6 Å². The van der Waals surface area contributed by atoms with Gasteiger partial charge < -0.3 is 10.2 Å². The Labute approximate surface area is 99.8 Å². The lowest BCUT2D eigenvalue weighted by Crippen LogP contribution is -2.37. The summed E-state index contributed by atoms with van der Waals surface area (Å²) < 4.78 is 0. The Kier molecular flexibility index (Phi) is 3.37. The van der Waals surface area contributed by atoms with Crippen LogP contribution in [0, 0.1) is 6.92 Å². The molecule has 1 saturated heterocycles. The Bertz CT molecular complexity index is 445. The quantitative estimate of drug-likeness (QED) is 0.761. The Morgan fingerprint density at radius 2 is 2.35 bits per heavy atom. The zero-order valence-corrected chi connectivity index (χ0v) is 9.77. The van der Waals surface area contributed by atoms with Crippen molar-refractivity contribution >= 4 is 11.8 Å². The summed E-state index contributed by atoms with van der Waals surface area (Å²) in [6.07, 6.45) is 2.40. The van der Waals surface area contributed by atoms with Crippen LogP contribution in [0.15, 0.2) is 18.3 Å². The van der Waals surface area contributed by atoms with Gasteiger partial charge in [0.15, 0.2) is 0 Å². The summed E-state index contributed by atoms with van der Waals surface area (Å²) in [5, 5.41) is 2.75. The summed E-state index contributed by atoms with van der Waals surface area (Å²) in [5.41, 5.74) is 1.39. The first kappa shape index (κ1) is 11.6. The van der Waals surface area contributed by atoms with E-state index in [0.29, 0.717) is 18.7 Å². The van der Waals surface area contributed by atoms with Gasteiger partial charge in [-0.15, -0.1) is 0 Å². The Hall–Kier alpha value is -1.91. The van der Waals surface area contributed by atoms with Crippen molar-refractivity contribution < 1.29 is 9.59 Å². The van der Waals surface area contributed by atoms with Crippen LogP contribution >= 0.6 is 0 Å². The van der Waals surface area contributed by atoms with Gasteiger partial charge in [-0.25, -0.2) is 0 Å². The van der Waals surface area contributed by atoms with E-state index in [0.717, 1.165) is 12.1 Å². The van der Waals surface area contributed by atoms with Crippen molar-refractivity contribution in [3.63, 3.8) is 0 Å². The molecular weight excluding hydrogens is 218 g/mol. The van der Waals surface area contributed by atoms with Crippen molar-refractivity contribution in [1.29, 1.82) is 0 Å². The number of nitrogens with one attached hydrogen (secondary N) is 1. The first-order valence-corrected chi connectivity index (χ1v) is 5.65. The first-order chi connectivity index (χ1) is 8.16. The molecule has 90 valence electrons. The zero-order valence-electron chi connectivity index (χ0n) is 9.77. The van der Waals surface area contributed by atoms with Gasteiger partial charge in [0.05, 0.1) is 6.54 Å². The normalized spacial score (nSPS) is 16.3. The number of hydrogen-bond acceptors (Lipinski definition) is 3. The zero-order chi connectivity index (χ0) is 12.3. The molecule has 5 nitrogen and oxygen atoms in total. The summed E-state index contributed by atoms with van der Waals surface area (Å²) in [6, 6.07) is 3.42. The highest BCUT2D eigenvalue weighted by atomic mass is 16.2. The highest BCUT2D eigenvalue weighted by Gasteiger charge is 2.20. The lowest BCUT2D eigenvalue weighted by atomic mass is 10.2. The lowest BCUT2D eigenvalue weighted by molar-refractivity contribution is -0.121. The monoisotopic (exact) mass is 233 g/mol. The van der Waals surface area contributed by atoms with Crippen molar-refractivity contribution in [2.75, 3.05) is 19.6 Å². The predicted octanol–water partition coefficient (Wildman–Crippen LogP) is 0.352. The summed E-state index contributed by atoms with van der Waals surface area (Å²) in [7, 11) is 0. The Morgan fingerprint density at radius 1 is 1.53 bits per heavy atom. The van der Waals surface area contributed by atoms with Crippen LogP contribution in [0.4, 0.5) is 0 Å². The largest absolute Gasteiger partial charge is 0.354 e. The van der Waals surface area contributed by atoms with E-state index in [1.54, 1.807) is 23.2 Å². The molecule has 0 aliphatic carbocycles. The molecule has 2 heterocycles. The number of nitrogens with zero attached hydrogens (tertiary/aromatic N) is 2. The molecule has 5 heteroatoms. The van der Waals surface area contributed by atoms with Crippen LogP contribution in [0.5, 0.6) is 0 Å². The number of amides is 2. The van der Waals surface area contributed by atoms with E-state index in [-0.39, 0.29) is 18.4 Å². The van der Waals surface area contributed by atoms with Gasteiger partial charge in [0.1, 0.15) is 0 Å². The minimum Gasteiger partial charge on any atom is -0.354 e. The molecule has 1 N–H and O–H groups in total. The van der Waals surface area contributed by atoms with Crippen LogP contribution in [-0.4, -0.2) is 41.3 Å². The number of aryl methyl sites for hydroxylation is 1. The summed E-state index contributed by atoms with van der Waals surface area (Å²) in [4.78, 5) is 29.2. The highest BCUT2D eigenvalue weighted by Crippen LogP contribution is 2.07. The molecule has 0 radical (unpaired) electrons. The van der Waals surface area contributed by atoms with Gasteiger partial charge in [0.25, 0.3) is 5.91 Å². The molecule has 1 fully saturated rings. The van der Waals surface area contributed by atoms with E-state index in [1.165, 1.54) is 0 Å². The fourth-order valence-corrected chi connectivity index (χ4v) is 1.84. The van der Waals surface area contributed by atoms with Crippen LogP contribution in [0.25, 0.3) is 0 Å². The van der Waals surface area contributed by atoms with Crippen LogP contribution in [0.1, 0.15) is 22.5 Å². The molecule has 0 atom stereocenters.